The summed E-state index contributed by atoms with van der Waals surface area (Å²) in [5.41, 5.74) is 3.10. The van der Waals surface area contributed by atoms with Crippen molar-refractivity contribution in [2.24, 2.45) is 0 Å². The van der Waals surface area contributed by atoms with Gasteiger partial charge in [0.05, 0.1) is 16.6 Å². The van der Waals surface area contributed by atoms with Gasteiger partial charge in [-0.15, -0.1) is 0 Å². The van der Waals surface area contributed by atoms with E-state index in [2.05, 4.69) is 39.8 Å². The average molecular weight is 473 g/mol. The van der Waals surface area contributed by atoms with Gasteiger partial charge in [0.1, 0.15) is 0 Å². The number of fused-ring (bicyclic) bond motifs is 3. The molecule has 2 N–H and O–H groups in total. The Balaban J connectivity index is 1.12. The fraction of sp³-hybridized carbons (Fsp3) is 0.417. The first-order valence-electron chi connectivity index (χ1n) is 11.1. The van der Waals surface area contributed by atoms with Crippen LogP contribution in [0.2, 0.25) is 10.0 Å². The van der Waals surface area contributed by atoms with Gasteiger partial charge in [-0.2, -0.15) is 0 Å². The fourth-order valence-corrected chi connectivity index (χ4v) is 5.55. The summed E-state index contributed by atoms with van der Waals surface area (Å²) >= 11 is 11.9. The van der Waals surface area contributed by atoms with E-state index in [9.17, 15) is 9.59 Å². The van der Waals surface area contributed by atoms with Gasteiger partial charge in [0, 0.05) is 48.9 Å². The summed E-state index contributed by atoms with van der Waals surface area (Å²) in [6.07, 6.45) is 2.11. The van der Waals surface area contributed by atoms with E-state index in [0.29, 0.717) is 40.2 Å². The summed E-state index contributed by atoms with van der Waals surface area (Å²) in [5.74, 6) is 0.196. The first kappa shape index (κ1) is 21.6. The van der Waals surface area contributed by atoms with Crippen molar-refractivity contribution >= 4 is 40.7 Å². The second kappa shape index (κ2) is 8.93. The van der Waals surface area contributed by atoms with Gasteiger partial charge in [0.2, 0.25) is 5.91 Å². The van der Waals surface area contributed by atoms with Crippen LogP contribution in [0.15, 0.2) is 42.5 Å². The molecule has 0 radical (unpaired) electrons. The maximum atomic E-state index is 12.7. The highest BCUT2D eigenvalue weighted by atomic mass is 35.5. The van der Waals surface area contributed by atoms with Gasteiger partial charge in [-0.1, -0.05) is 41.4 Å². The minimum Gasteiger partial charge on any atom is -0.380 e. The summed E-state index contributed by atoms with van der Waals surface area (Å²) < 4.78 is 0. The highest BCUT2D eigenvalue weighted by Crippen LogP contribution is 2.41. The number of likely N-dealkylation sites (tertiary alicyclic amines) is 2. The molecule has 2 saturated heterocycles. The standard InChI is InChI=1S/C24H26Cl2N4O2/c25-19-6-5-15(11-20(19)26)24(32)27-12-23(31)30-9-7-16(13-30)29-10-8-18-17-3-1-2-4-21(17)28-22(18)14-29/h1-6,11,16,18,22,28H,7-10,12-14H2,(H,27,32). The lowest BCUT2D eigenvalue weighted by molar-refractivity contribution is -0.129. The molecule has 32 heavy (non-hydrogen) atoms. The van der Waals surface area contributed by atoms with Crippen LogP contribution in [0.5, 0.6) is 0 Å². The van der Waals surface area contributed by atoms with Gasteiger partial charge in [-0.3, -0.25) is 14.5 Å². The van der Waals surface area contributed by atoms with Gasteiger partial charge in [-0.05, 0) is 49.2 Å². The van der Waals surface area contributed by atoms with Gasteiger partial charge in [0.15, 0.2) is 0 Å². The van der Waals surface area contributed by atoms with Gasteiger partial charge in [0.25, 0.3) is 5.91 Å². The molecule has 2 aromatic carbocycles. The van der Waals surface area contributed by atoms with E-state index in [4.69, 9.17) is 23.2 Å². The monoisotopic (exact) mass is 472 g/mol. The molecule has 8 heteroatoms. The highest BCUT2D eigenvalue weighted by Gasteiger charge is 2.40. The Kier molecular flexibility index (Phi) is 6.01. The van der Waals surface area contributed by atoms with Crippen molar-refractivity contribution in [3.8, 4) is 0 Å². The Bertz CT molecular complexity index is 1050. The minimum absolute atomic E-state index is 0.0205. The molecule has 5 rings (SSSR count). The number of para-hydroxylation sites is 1. The first-order chi connectivity index (χ1) is 15.5. The Morgan fingerprint density at radius 3 is 2.72 bits per heavy atom. The zero-order valence-electron chi connectivity index (χ0n) is 17.7. The SMILES string of the molecule is O=C(NCC(=O)N1CCC(N2CCC3c4ccccc4NC3C2)C1)c1ccc(Cl)c(Cl)c1. The van der Waals surface area contributed by atoms with Crippen molar-refractivity contribution in [1.29, 1.82) is 0 Å². The molecule has 0 bridgehead atoms. The summed E-state index contributed by atoms with van der Waals surface area (Å²) in [5, 5.41) is 7.10. The van der Waals surface area contributed by atoms with Gasteiger partial charge in [-0.25, -0.2) is 0 Å². The van der Waals surface area contributed by atoms with E-state index >= 15 is 0 Å². The molecule has 0 aromatic heterocycles. The molecule has 0 aliphatic carbocycles. The summed E-state index contributed by atoms with van der Waals surface area (Å²) in [4.78, 5) is 29.4. The average Bonchev–Trinajstić information content (AvgIpc) is 3.43. The Morgan fingerprint density at radius 1 is 1.03 bits per heavy atom. The number of hydrogen-bond donors (Lipinski definition) is 2. The topological polar surface area (TPSA) is 64.7 Å². The van der Waals surface area contributed by atoms with E-state index in [-0.39, 0.29) is 18.4 Å². The van der Waals surface area contributed by atoms with Crippen LogP contribution >= 0.6 is 23.2 Å². The van der Waals surface area contributed by atoms with Crippen LogP contribution in [0.4, 0.5) is 5.69 Å². The molecule has 3 aliphatic heterocycles. The number of carbonyl (C=O) groups is 2. The van der Waals surface area contributed by atoms with E-state index in [1.54, 1.807) is 12.1 Å². The molecule has 3 heterocycles. The van der Waals surface area contributed by atoms with Crippen LogP contribution < -0.4 is 10.6 Å². The molecule has 3 atom stereocenters. The number of rotatable bonds is 4. The number of hydrogen-bond acceptors (Lipinski definition) is 4. The smallest absolute Gasteiger partial charge is 0.251 e. The van der Waals surface area contributed by atoms with E-state index in [1.807, 2.05) is 4.90 Å². The quantitative estimate of drug-likeness (QED) is 0.713. The third-order valence-corrected chi connectivity index (χ3v) is 7.70. The Morgan fingerprint density at radius 2 is 1.88 bits per heavy atom. The number of benzene rings is 2. The summed E-state index contributed by atoms with van der Waals surface area (Å²) in [7, 11) is 0. The van der Waals surface area contributed by atoms with Crippen molar-refractivity contribution in [3.05, 3.63) is 63.6 Å². The van der Waals surface area contributed by atoms with E-state index in [0.717, 1.165) is 32.5 Å². The molecular weight excluding hydrogens is 447 g/mol. The first-order valence-corrected chi connectivity index (χ1v) is 11.9. The number of nitrogens with one attached hydrogen (secondary N) is 2. The number of halogens is 2. The molecule has 2 fully saturated rings. The minimum atomic E-state index is -0.332. The van der Waals surface area contributed by atoms with Crippen molar-refractivity contribution in [1.82, 2.24) is 15.1 Å². The third-order valence-electron chi connectivity index (χ3n) is 6.96. The normalized spacial score (nSPS) is 24.6. The Labute approximate surface area is 197 Å². The van der Waals surface area contributed by atoms with Crippen LogP contribution in [-0.4, -0.2) is 66.4 Å². The van der Waals surface area contributed by atoms with Crippen LogP contribution in [0.25, 0.3) is 0 Å². The molecule has 3 unspecified atom stereocenters. The molecule has 0 saturated carbocycles. The predicted molar refractivity (Wildman–Crippen MR) is 127 cm³/mol. The Hall–Kier alpha value is -2.28. The number of amides is 2. The van der Waals surface area contributed by atoms with E-state index in [1.165, 1.54) is 17.3 Å². The zero-order valence-corrected chi connectivity index (χ0v) is 19.2. The largest absolute Gasteiger partial charge is 0.380 e. The van der Waals surface area contributed by atoms with Gasteiger partial charge < -0.3 is 15.5 Å². The second-order valence-corrected chi connectivity index (χ2v) is 9.64. The van der Waals surface area contributed by atoms with Crippen LogP contribution in [0, 0.1) is 0 Å². The fourth-order valence-electron chi connectivity index (χ4n) is 5.25. The predicted octanol–water partition coefficient (Wildman–Crippen LogP) is 3.61. The summed E-state index contributed by atoms with van der Waals surface area (Å²) in [6, 6.07) is 14.1. The molecule has 168 valence electrons. The zero-order chi connectivity index (χ0) is 22.2. The second-order valence-electron chi connectivity index (χ2n) is 8.82. The van der Waals surface area contributed by atoms with Gasteiger partial charge >= 0.3 is 0 Å². The maximum Gasteiger partial charge on any atom is 0.251 e. The lowest BCUT2D eigenvalue weighted by atomic mass is 9.88. The molecule has 2 aromatic rings. The molecule has 0 spiro atoms. The van der Waals surface area contributed by atoms with Crippen LogP contribution in [0.3, 0.4) is 0 Å². The van der Waals surface area contributed by atoms with E-state index < -0.39 is 0 Å². The molecular formula is C24H26Cl2N4O2. The number of carbonyl (C=O) groups excluding carboxylic acids is 2. The highest BCUT2D eigenvalue weighted by molar-refractivity contribution is 6.42. The lowest BCUT2D eigenvalue weighted by Crippen LogP contribution is -2.49. The third kappa shape index (κ3) is 4.19. The van der Waals surface area contributed by atoms with Crippen molar-refractivity contribution in [2.45, 2.75) is 30.8 Å². The maximum absolute atomic E-state index is 12.7. The summed E-state index contributed by atoms with van der Waals surface area (Å²) in [6.45, 7) is 3.47. The lowest BCUT2D eigenvalue weighted by Gasteiger charge is -2.38. The van der Waals surface area contributed by atoms with Crippen molar-refractivity contribution < 1.29 is 9.59 Å². The number of piperidine rings is 1. The molecule has 6 nitrogen and oxygen atoms in total. The van der Waals surface area contributed by atoms with Crippen molar-refractivity contribution in [3.63, 3.8) is 0 Å². The molecule has 3 aliphatic rings. The van der Waals surface area contributed by atoms with Crippen LogP contribution in [-0.2, 0) is 4.79 Å². The van der Waals surface area contributed by atoms with Crippen LogP contribution in [0.1, 0.15) is 34.7 Å². The van der Waals surface area contributed by atoms with Crippen molar-refractivity contribution in [2.75, 3.05) is 38.0 Å². The number of nitrogens with zero attached hydrogens (tertiary/aromatic N) is 2. The number of anilines is 1. The molecule has 2 amide bonds.